The first-order valence-electron chi connectivity index (χ1n) is 9.27. The Morgan fingerprint density at radius 3 is 2.64 bits per heavy atom. The summed E-state index contributed by atoms with van der Waals surface area (Å²) in [5, 5.41) is 5.64. The molecule has 3 amide bonds. The minimum atomic E-state index is -0.237. The normalized spacial score (nSPS) is 11.5. The molecule has 0 aliphatic rings. The van der Waals surface area contributed by atoms with E-state index >= 15 is 0 Å². The van der Waals surface area contributed by atoms with E-state index in [1.807, 2.05) is 26.0 Å². The van der Waals surface area contributed by atoms with Crippen LogP contribution in [-0.2, 0) is 11.2 Å². The van der Waals surface area contributed by atoms with Gasteiger partial charge in [0.1, 0.15) is 5.75 Å². The molecular weight excluding hydrogens is 356 g/mol. The van der Waals surface area contributed by atoms with E-state index < -0.39 is 0 Å². The van der Waals surface area contributed by atoms with E-state index in [2.05, 4.69) is 15.6 Å². The van der Waals surface area contributed by atoms with Crippen LogP contribution in [-0.4, -0.2) is 42.0 Å². The van der Waals surface area contributed by atoms with E-state index in [0.717, 1.165) is 11.3 Å². The number of carbonyl (C=O) groups excluding carboxylic acids is 2. The van der Waals surface area contributed by atoms with Crippen LogP contribution in [0.3, 0.4) is 0 Å². The van der Waals surface area contributed by atoms with E-state index in [1.165, 1.54) is 7.11 Å². The summed E-state index contributed by atoms with van der Waals surface area (Å²) in [6, 6.07) is 8.77. The summed E-state index contributed by atoms with van der Waals surface area (Å²) < 4.78 is 5.27. The van der Waals surface area contributed by atoms with Crippen LogP contribution in [0.15, 0.2) is 36.5 Å². The molecule has 1 heterocycles. The number of nitrogens with zero attached hydrogens (tertiary/aromatic N) is 2. The number of ether oxygens (including phenoxy) is 1. The molecule has 0 aliphatic heterocycles. The molecule has 28 heavy (non-hydrogen) atoms. The van der Waals surface area contributed by atoms with E-state index in [9.17, 15) is 9.59 Å². The molecule has 7 heteroatoms. The maximum Gasteiger partial charge on any atom is 0.321 e. The highest BCUT2D eigenvalue weighted by Crippen LogP contribution is 2.28. The van der Waals surface area contributed by atoms with Crippen molar-refractivity contribution in [1.82, 2.24) is 9.88 Å². The van der Waals surface area contributed by atoms with E-state index in [4.69, 9.17) is 4.74 Å². The average Bonchev–Trinajstić information content (AvgIpc) is 2.69. The Balaban J connectivity index is 2.07. The minimum absolute atomic E-state index is 0.0360. The van der Waals surface area contributed by atoms with Gasteiger partial charge in [-0.25, -0.2) is 4.79 Å². The van der Waals surface area contributed by atoms with Gasteiger partial charge in [-0.15, -0.1) is 0 Å². The van der Waals surface area contributed by atoms with Crippen molar-refractivity contribution in [2.75, 3.05) is 24.8 Å². The van der Waals surface area contributed by atoms with Gasteiger partial charge in [-0.05, 0) is 43.7 Å². The number of urea groups is 1. The number of pyridine rings is 1. The van der Waals surface area contributed by atoms with E-state index in [-0.39, 0.29) is 18.0 Å². The number of amides is 3. The standard InChI is InChI=1S/C21H28N4O3/c1-6-20(26)24-18-13-16(9-10-19(18)28-5)23-21(27)25(4)15(3)12-17-14(2)8-7-11-22-17/h7-11,13,15H,6,12H2,1-5H3,(H,23,27)(H,24,26). The van der Waals surface area contributed by atoms with Crippen LogP contribution in [0.4, 0.5) is 16.2 Å². The predicted molar refractivity (Wildman–Crippen MR) is 111 cm³/mol. The highest BCUT2D eigenvalue weighted by molar-refractivity contribution is 5.95. The molecule has 1 aromatic carbocycles. The first kappa shape index (κ1) is 21.2. The predicted octanol–water partition coefficient (Wildman–Crippen LogP) is 3.84. The molecule has 150 valence electrons. The van der Waals surface area contributed by atoms with Crippen LogP contribution in [0.25, 0.3) is 0 Å². The second-order valence-electron chi connectivity index (χ2n) is 6.68. The summed E-state index contributed by atoms with van der Waals surface area (Å²) in [5.41, 5.74) is 3.18. The zero-order valence-corrected chi connectivity index (χ0v) is 17.1. The van der Waals surface area contributed by atoms with Crippen LogP contribution in [0.1, 0.15) is 31.5 Å². The van der Waals surface area contributed by atoms with Gasteiger partial charge in [-0.1, -0.05) is 13.0 Å². The Hall–Kier alpha value is -3.09. The lowest BCUT2D eigenvalue weighted by Crippen LogP contribution is -2.39. The molecule has 0 bridgehead atoms. The van der Waals surface area contributed by atoms with Crippen LogP contribution >= 0.6 is 0 Å². The molecule has 2 N–H and O–H groups in total. The summed E-state index contributed by atoms with van der Waals surface area (Å²) in [6.45, 7) is 5.76. The van der Waals surface area contributed by atoms with E-state index in [0.29, 0.717) is 30.0 Å². The third-order valence-electron chi connectivity index (χ3n) is 4.63. The number of rotatable bonds is 7. The van der Waals surface area contributed by atoms with Gasteiger partial charge < -0.3 is 20.3 Å². The van der Waals surface area contributed by atoms with Crippen LogP contribution in [0, 0.1) is 6.92 Å². The van der Waals surface area contributed by atoms with Crippen molar-refractivity contribution in [3.63, 3.8) is 0 Å². The first-order chi connectivity index (χ1) is 13.3. The smallest absolute Gasteiger partial charge is 0.321 e. The minimum Gasteiger partial charge on any atom is -0.495 e. The molecule has 0 radical (unpaired) electrons. The molecule has 0 saturated heterocycles. The summed E-state index contributed by atoms with van der Waals surface area (Å²) in [7, 11) is 3.28. The molecule has 0 saturated carbocycles. The quantitative estimate of drug-likeness (QED) is 0.760. The number of benzene rings is 1. The van der Waals surface area contributed by atoms with Gasteiger partial charge >= 0.3 is 6.03 Å². The Labute approximate surface area is 166 Å². The van der Waals surface area contributed by atoms with Gasteiger partial charge in [-0.3, -0.25) is 9.78 Å². The zero-order valence-electron chi connectivity index (χ0n) is 17.1. The third-order valence-corrected chi connectivity index (χ3v) is 4.63. The van der Waals surface area contributed by atoms with Gasteiger partial charge in [-0.2, -0.15) is 0 Å². The summed E-state index contributed by atoms with van der Waals surface area (Å²) in [5.74, 6) is 0.408. The van der Waals surface area contributed by atoms with Crippen LogP contribution < -0.4 is 15.4 Å². The fraction of sp³-hybridized carbons (Fsp3) is 0.381. The molecule has 2 aromatic rings. The first-order valence-corrected chi connectivity index (χ1v) is 9.27. The number of aryl methyl sites for hydroxylation is 1. The molecule has 7 nitrogen and oxygen atoms in total. The molecule has 1 atom stereocenters. The Bertz CT molecular complexity index is 838. The van der Waals surface area contributed by atoms with Gasteiger partial charge in [0, 0.05) is 43.5 Å². The van der Waals surface area contributed by atoms with Gasteiger partial charge in [0.05, 0.1) is 12.8 Å². The van der Waals surface area contributed by atoms with Crippen molar-refractivity contribution < 1.29 is 14.3 Å². The Morgan fingerprint density at radius 2 is 2.00 bits per heavy atom. The molecule has 0 fully saturated rings. The fourth-order valence-electron chi connectivity index (χ4n) is 2.68. The number of hydrogen-bond donors (Lipinski definition) is 2. The second-order valence-corrected chi connectivity index (χ2v) is 6.68. The Kier molecular flexibility index (Phi) is 7.37. The van der Waals surface area contributed by atoms with Crippen molar-refractivity contribution in [3.8, 4) is 5.75 Å². The summed E-state index contributed by atoms with van der Waals surface area (Å²) in [4.78, 5) is 30.4. The lowest BCUT2D eigenvalue weighted by Gasteiger charge is -2.25. The van der Waals surface area contributed by atoms with Crippen LogP contribution in [0.5, 0.6) is 5.75 Å². The van der Waals surface area contributed by atoms with Gasteiger partial charge in [0.15, 0.2) is 0 Å². The molecule has 0 aliphatic carbocycles. The highest BCUT2D eigenvalue weighted by atomic mass is 16.5. The topological polar surface area (TPSA) is 83.6 Å². The maximum absolute atomic E-state index is 12.6. The number of hydrogen-bond acceptors (Lipinski definition) is 4. The van der Waals surface area contributed by atoms with Crippen molar-refractivity contribution >= 4 is 23.3 Å². The summed E-state index contributed by atoms with van der Waals surface area (Å²) in [6.07, 6.45) is 2.78. The van der Waals surface area contributed by atoms with Crippen molar-refractivity contribution in [1.29, 1.82) is 0 Å². The third kappa shape index (κ3) is 5.45. The monoisotopic (exact) mass is 384 g/mol. The van der Waals surface area contributed by atoms with Gasteiger partial charge in [0.2, 0.25) is 5.91 Å². The molecular formula is C21H28N4O3. The van der Waals surface area contributed by atoms with Gasteiger partial charge in [0.25, 0.3) is 0 Å². The van der Waals surface area contributed by atoms with Crippen molar-refractivity contribution in [2.45, 2.75) is 39.7 Å². The van der Waals surface area contributed by atoms with Crippen molar-refractivity contribution in [3.05, 3.63) is 47.8 Å². The zero-order chi connectivity index (χ0) is 20.7. The van der Waals surface area contributed by atoms with Crippen molar-refractivity contribution in [2.24, 2.45) is 0 Å². The number of anilines is 2. The number of likely N-dealkylation sites (N-methyl/N-ethyl adjacent to an activating group) is 1. The lowest BCUT2D eigenvalue weighted by atomic mass is 10.1. The highest BCUT2D eigenvalue weighted by Gasteiger charge is 2.18. The molecule has 0 spiro atoms. The van der Waals surface area contributed by atoms with Crippen LogP contribution in [0.2, 0.25) is 0 Å². The second kappa shape index (κ2) is 9.73. The Morgan fingerprint density at radius 1 is 1.25 bits per heavy atom. The summed E-state index contributed by atoms with van der Waals surface area (Å²) >= 11 is 0. The number of carbonyl (C=O) groups is 2. The van der Waals surface area contributed by atoms with E-state index in [1.54, 1.807) is 43.3 Å². The molecule has 1 unspecified atom stereocenters. The number of nitrogens with one attached hydrogen (secondary N) is 2. The molecule has 2 rings (SSSR count). The fourth-order valence-corrected chi connectivity index (χ4v) is 2.68. The lowest BCUT2D eigenvalue weighted by molar-refractivity contribution is -0.115. The number of methoxy groups -OCH3 is 1. The average molecular weight is 384 g/mol. The SMILES string of the molecule is CCC(=O)Nc1cc(NC(=O)N(C)C(C)Cc2ncccc2C)ccc1OC. The largest absolute Gasteiger partial charge is 0.495 e. The molecule has 1 aromatic heterocycles. The number of aromatic nitrogens is 1. The maximum atomic E-state index is 12.6.